The number of benzene rings is 2. The maximum Gasteiger partial charge on any atom is 0.260 e. The third kappa shape index (κ3) is 4.23. The second-order valence-electron chi connectivity index (χ2n) is 5.75. The Labute approximate surface area is 152 Å². The highest BCUT2D eigenvalue weighted by Crippen LogP contribution is 2.25. The van der Waals surface area contributed by atoms with Crippen molar-refractivity contribution in [1.82, 2.24) is 4.90 Å². The molecule has 2 aromatic rings. The molecule has 0 aromatic heterocycles. The summed E-state index contributed by atoms with van der Waals surface area (Å²) in [6, 6.07) is 16.9. The molecule has 0 aliphatic carbocycles. The van der Waals surface area contributed by atoms with Gasteiger partial charge in [-0.05, 0) is 30.3 Å². The van der Waals surface area contributed by atoms with Crippen molar-refractivity contribution in [3.8, 4) is 11.8 Å². The van der Waals surface area contributed by atoms with E-state index in [2.05, 4.69) is 17.0 Å². The number of rotatable bonds is 4. The highest BCUT2D eigenvalue weighted by atomic mass is 35.5. The summed E-state index contributed by atoms with van der Waals surface area (Å²) in [5.41, 5.74) is 1.64. The molecule has 2 aromatic carbocycles. The van der Waals surface area contributed by atoms with Crippen LogP contribution in [0.15, 0.2) is 48.5 Å². The lowest BCUT2D eigenvalue weighted by atomic mass is 10.2. The molecule has 1 amide bonds. The standard InChI is InChI=1S/C19H18ClN3O2/c20-17-12-15(13-21)6-7-18(17)25-14-19(24)23-10-8-22(9-11-23)16-4-2-1-3-5-16/h1-7,12H,8-11,14H2. The first-order valence-electron chi connectivity index (χ1n) is 8.07. The zero-order valence-corrected chi connectivity index (χ0v) is 14.4. The van der Waals surface area contributed by atoms with Crippen LogP contribution in [0.25, 0.3) is 0 Å². The van der Waals surface area contributed by atoms with Crippen LogP contribution in [-0.4, -0.2) is 43.6 Å². The van der Waals surface area contributed by atoms with Gasteiger partial charge < -0.3 is 14.5 Å². The predicted molar refractivity (Wildman–Crippen MR) is 96.9 cm³/mol. The van der Waals surface area contributed by atoms with E-state index in [4.69, 9.17) is 21.6 Å². The number of nitrogens with zero attached hydrogens (tertiary/aromatic N) is 3. The van der Waals surface area contributed by atoms with Crippen molar-refractivity contribution >= 4 is 23.2 Å². The lowest BCUT2D eigenvalue weighted by Gasteiger charge is -2.36. The van der Waals surface area contributed by atoms with Crippen LogP contribution in [-0.2, 0) is 4.79 Å². The van der Waals surface area contributed by atoms with E-state index in [1.807, 2.05) is 24.3 Å². The van der Waals surface area contributed by atoms with Crippen LogP contribution in [0.5, 0.6) is 5.75 Å². The van der Waals surface area contributed by atoms with Gasteiger partial charge in [0.1, 0.15) is 5.75 Å². The van der Waals surface area contributed by atoms with Gasteiger partial charge in [0, 0.05) is 31.9 Å². The predicted octanol–water partition coefficient (Wildman–Crippen LogP) is 2.94. The largest absolute Gasteiger partial charge is 0.482 e. The Bertz CT molecular complexity index is 781. The van der Waals surface area contributed by atoms with Crippen molar-refractivity contribution in [1.29, 1.82) is 5.26 Å². The molecule has 0 spiro atoms. The maximum absolute atomic E-state index is 12.3. The first kappa shape index (κ1) is 17.1. The minimum Gasteiger partial charge on any atom is -0.482 e. The van der Waals surface area contributed by atoms with Gasteiger partial charge in [-0.3, -0.25) is 4.79 Å². The molecule has 5 nitrogen and oxygen atoms in total. The van der Waals surface area contributed by atoms with Crippen molar-refractivity contribution in [3.05, 3.63) is 59.1 Å². The van der Waals surface area contributed by atoms with Crippen LogP contribution in [0.2, 0.25) is 5.02 Å². The Hall–Kier alpha value is -2.71. The number of hydrogen-bond donors (Lipinski definition) is 0. The fourth-order valence-electron chi connectivity index (χ4n) is 2.77. The van der Waals surface area contributed by atoms with Crippen molar-refractivity contribution in [2.24, 2.45) is 0 Å². The summed E-state index contributed by atoms with van der Waals surface area (Å²) in [6.07, 6.45) is 0. The lowest BCUT2D eigenvalue weighted by molar-refractivity contribution is -0.133. The first-order valence-corrected chi connectivity index (χ1v) is 8.45. The Kier molecular flexibility index (Phi) is 5.42. The van der Waals surface area contributed by atoms with E-state index in [1.54, 1.807) is 17.0 Å². The molecule has 0 bridgehead atoms. The molecule has 1 aliphatic heterocycles. The summed E-state index contributed by atoms with van der Waals surface area (Å²) in [5.74, 6) is 0.352. The van der Waals surface area contributed by atoms with Gasteiger partial charge in [-0.25, -0.2) is 0 Å². The van der Waals surface area contributed by atoms with Crippen molar-refractivity contribution in [3.63, 3.8) is 0 Å². The third-order valence-corrected chi connectivity index (χ3v) is 4.46. The third-order valence-electron chi connectivity index (χ3n) is 4.17. The van der Waals surface area contributed by atoms with Crippen LogP contribution in [0, 0.1) is 11.3 Å². The van der Waals surface area contributed by atoms with E-state index in [0.717, 1.165) is 13.1 Å². The van der Waals surface area contributed by atoms with Gasteiger partial charge in [0.05, 0.1) is 16.7 Å². The van der Waals surface area contributed by atoms with Gasteiger partial charge in [-0.1, -0.05) is 29.8 Å². The molecule has 0 atom stereocenters. The van der Waals surface area contributed by atoms with E-state index >= 15 is 0 Å². The fourth-order valence-corrected chi connectivity index (χ4v) is 3.01. The molecule has 1 heterocycles. The van der Waals surface area contributed by atoms with Crippen LogP contribution in [0.4, 0.5) is 5.69 Å². The number of carbonyl (C=O) groups excluding carboxylic acids is 1. The average Bonchev–Trinajstić information content (AvgIpc) is 2.67. The quantitative estimate of drug-likeness (QED) is 0.846. The highest BCUT2D eigenvalue weighted by Gasteiger charge is 2.21. The molecule has 0 unspecified atom stereocenters. The Morgan fingerprint density at radius 1 is 1.12 bits per heavy atom. The summed E-state index contributed by atoms with van der Waals surface area (Å²) in [5, 5.41) is 9.16. The number of ether oxygens (including phenoxy) is 1. The zero-order valence-electron chi connectivity index (χ0n) is 13.7. The molecular weight excluding hydrogens is 338 g/mol. The number of nitriles is 1. The van der Waals surface area contributed by atoms with Gasteiger partial charge in [-0.15, -0.1) is 0 Å². The Morgan fingerprint density at radius 2 is 1.84 bits per heavy atom. The van der Waals surface area contributed by atoms with Crippen molar-refractivity contribution in [2.75, 3.05) is 37.7 Å². The van der Waals surface area contributed by atoms with E-state index in [0.29, 0.717) is 29.4 Å². The SMILES string of the molecule is N#Cc1ccc(OCC(=O)N2CCN(c3ccccc3)CC2)c(Cl)c1. The van der Waals surface area contributed by atoms with Gasteiger partial charge in [-0.2, -0.15) is 5.26 Å². The molecule has 0 N–H and O–H groups in total. The monoisotopic (exact) mass is 355 g/mol. The van der Waals surface area contributed by atoms with Crippen LogP contribution in [0.1, 0.15) is 5.56 Å². The first-order chi connectivity index (χ1) is 12.2. The summed E-state index contributed by atoms with van der Waals surface area (Å²) in [4.78, 5) is 16.4. The summed E-state index contributed by atoms with van der Waals surface area (Å²) in [7, 11) is 0. The van der Waals surface area contributed by atoms with Crippen molar-refractivity contribution in [2.45, 2.75) is 0 Å². The molecular formula is C19H18ClN3O2. The average molecular weight is 356 g/mol. The second kappa shape index (κ2) is 7.91. The van der Waals surface area contributed by atoms with Crippen LogP contribution < -0.4 is 9.64 Å². The molecule has 128 valence electrons. The number of hydrogen-bond acceptors (Lipinski definition) is 4. The van der Waals surface area contributed by atoms with E-state index < -0.39 is 0 Å². The zero-order chi connectivity index (χ0) is 17.6. The summed E-state index contributed by atoms with van der Waals surface area (Å²) >= 11 is 6.06. The smallest absolute Gasteiger partial charge is 0.260 e. The Balaban J connectivity index is 1.51. The maximum atomic E-state index is 12.3. The molecule has 1 aliphatic rings. The molecule has 3 rings (SSSR count). The van der Waals surface area contributed by atoms with E-state index in [9.17, 15) is 4.79 Å². The Morgan fingerprint density at radius 3 is 2.48 bits per heavy atom. The number of para-hydroxylation sites is 1. The van der Waals surface area contributed by atoms with Crippen molar-refractivity contribution < 1.29 is 9.53 Å². The molecule has 25 heavy (non-hydrogen) atoms. The molecule has 6 heteroatoms. The number of halogens is 1. The van der Waals surface area contributed by atoms with Gasteiger partial charge >= 0.3 is 0 Å². The molecule has 1 fully saturated rings. The van der Waals surface area contributed by atoms with Gasteiger partial charge in [0.25, 0.3) is 5.91 Å². The highest BCUT2D eigenvalue weighted by molar-refractivity contribution is 6.32. The van der Waals surface area contributed by atoms with E-state index in [-0.39, 0.29) is 12.5 Å². The van der Waals surface area contributed by atoms with Gasteiger partial charge in [0.2, 0.25) is 0 Å². The molecule has 0 saturated carbocycles. The van der Waals surface area contributed by atoms with E-state index in [1.165, 1.54) is 11.8 Å². The van der Waals surface area contributed by atoms with Crippen LogP contribution >= 0.6 is 11.6 Å². The number of anilines is 1. The normalized spacial score (nSPS) is 14.1. The number of amides is 1. The number of carbonyl (C=O) groups is 1. The van der Waals surface area contributed by atoms with Gasteiger partial charge in [0.15, 0.2) is 6.61 Å². The second-order valence-corrected chi connectivity index (χ2v) is 6.16. The summed E-state index contributed by atoms with van der Waals surface area (Å²) < 4.78 is 5.52. The number of piperazine rings is 1. The fraction of sp³-hybridized carbons (Fsp3) is 0.263. The topological polar surface area (TPSA) is 56.6 Å². The molecule has 1 saturated heterocycles. The summed E-state index contributed by atoms with van der Waals surface area (Å²) in [6.45, 7) is 2.87. The van der Waals surface area contributed by atoms with Crippen LogP contribution in [0.3, 0.4) is 0 Å². The minimum absolute atomic E-state index is 0.0586. The minimum atomic E-state index is -0.0619. The molecule has 0 radical (unpaired) electrons. The lowest BCUT2D eigenvalue weighted by Crippen LogP contribution is -2.50.